The number of halogens is 2. The maximum absolute atomic E-state index is 11.9. The molecule has 3 heterocycles. The number of rotatable bonds is 3. The van der Waals surface area contributed by atoms with Gasteiger partial charge in [-0.25, -0.2) is 0 Å². The van der Waals surface area contributed by atoms with Crippen LogP contribution >= 0.6 is 31.9 Å². The molecule has 5 rings (SSSR count). The fourth-order valence-corrected chi connectivity index (χ4v) is 5.46. The number of aromatic nitrogens is 1. The number of allylic oxidation sites excluding steroid dienone is 4. The van der Waals surface area contributed by atoms with E-state index in [9.17, 15) is 5.11 Å². The Morgan fingerprint density at radius 3 is 2.29 bits per heavy atom. The van der Waals surface area contributed by atoms with Gasteiger partial charge < -0.3 is 19.9 Å². The zero-order valence-corrected chi connectivity index (χ0v) is 20.6. The molecule has 4 nitrogen and oxygen atoms in total. The monoisotopic (exact) mass is 541 g/mol. The molecule has 0 amide bonds. The minimum Gasteiger partial charge on any atom is -0.387 e. The van der Waals surface area contributed by atoms with Crippen LogP contribution in [0.25, 0.3) is 21.8 Å². The average Bonchev–Trinajstić information content (AvgIpc) is 3.08. The number of benzene rings is 2. The van der Waals surface area contributed by atoms with Crippen LogP contribution in [0.4, 0.5) is 0 Å². The minimum absolute atomic E-state index is 0.444. The topological polar surface area (TPSA) is 40.4 Å². The van der Waals surface area contributed by atoms with E-state index in [2.05, 4.69) is 89.3 Å². The SMILES string of the molecule is CC(O)(CN1C=CC=C/C1=C1/CCCCN1)n1c2ccc(Br)cc2c2cc(Br)ccc21. The molecule has 0 bridgehead atoms. The molecule has 1 aromatic heterocycles. The van der Waals surface area contributed by atoms with Gasteiger partial charge in [0.2, 0.25) is 0 Å². The average molecular weight is 543 g/mol. The van der Waals surface area contributed by atoms with Crippen LogP contribution in [0.15, 0.2) is 81.2 Å². The van der Waals surface area contributed by atoms with E-state index in [0.29, 0.717) is 6.54 Å². The second-order valence-corrected chi connectivity index (χ2v) is 10.3. The summed E-state index contributed by atoms with van der Waals surface area (Å²) >= 11 is 7.21. The number of hydrogen-bond donors (Lipinski definition) is 2. The number of β-amino-alcohol motifs (C(OH)–C–C–N with tert-alkyl or cyclic N) is 1. The molecule has 0 radical (unpaired) electrons. The zero-order valence-electron chi connectivity index (χ0n) is 17.4. The van der Waals surface area contributed by atoms with Crippen molar-refractivity contribution < 1.29 is 5.11 Å². The summed E-state index contributed by atoms with van der Waals surface area (Å²) in [6, 6.07) is 12.5. The first-order valence-corrected chi connectivity index (χ1v) is 12.2. The zero-order chi connectivity index (χ0) is 21.6. The Morgan fingerprint density at radius 2 is 1.68 bits per heavy atom. The Kier molecular flexibility index (Phi) is 5.49. The number of hydrogen-bond acceptors (Lipinski definition) is 3. The van der Waals surface area contributed by atoms with Crippen LogP contribution < -0.4 is 5.32 Å². The number of piperidine rings is 1. The smallest absolute Gasteiger partial charge is 0.157 e. The lowest BCUT2D eigenvalue weighted by Crippen LogP contribution is -2.41. The summed E-state index contributed by atoms with van der Waals surface area (Å²) in [6.07, 6.45) is 11.8. The normalized spacial score (nSPS) is 21.0. The van der Waals surface area contributed by atoms with Crippen molar-refractivity contribution in [2.24, 2.45) is 0 Å². The van der Waals surface area contributed by atoms with Crippen molar-refractivity contribution in [3.05, 3.63) is 81.2 Å². The van der Waals surface area contributed by atoms with E-state index in [4.69, 9.17) is 0 Å². The summed E-state index contributed by atoms with van der Waals surface area (Å²) in [5.41, 5.74) is 3.31. The van der Waals surface area contributed by atoms with E-state index >= 15 is 0 Å². The first kappa shape index (κ1) is 20.9. The third-order valence-corrected chi connectivity index (χ3v) is 7.07. The van der Waals surface area contributed by atoms with Gasteiger partial charge in [-0.05, 0) is 74.7 Å². The van der Waals surface area contributed by atoms with Crippen molar-refractivity contribution in [2.45, 2.75) is 31.9 Å². The van der Waals surface area contributed by atoms with Gasteiger partial charge in [0.25, 0.3) is 0 Å². The van der Waals surface area contributed by atoms with Gasteiger partial charge in [-0.2, -0.15) is 0 Å². The Labute approximate surface area is 199 Å². The summed E-state index contributed by atoms with van der Waals surface area (Å²) in [7, 11) is 0. The molecule has 1 unspecified atom stereocenters. The number of nitrogens with zero attached hydrogens (tertiary/aromatic N) is 2. The highest BCUT2D eigenvalue weighted by molar-refractivity contribution is 9.10. The molecule has 0 spiro atoms. The summed E-state index contributed by atoms with van der Waals surface area (Å²) in [6.45, 7) is 3.36. The maximum Gasteiger partial charge on any atom is 0.157 e. The maximum atomic E-state index is 11.9. The van der Waals surface area contributed by atoms with Crippen LogP contribution in [0.5, 0.6) is 0 Å². The van der Waals surface area contributed by atoms with Gasteiger partial charge in [-0.15, -0.1) is 0 Å². The molecule has 2 aliphatic rings. The van der Waals surface area contributed by atoms with E-state index in [1.54, 1.807) is 0 Å². The van der Waals surface area contributed by atoms with Gasteiger partial charge in [0.15, 0.2) is 5.72 Å². The molecule has 2 aromatic carbocycles. The molecule has 0 aliphatic carbocycles. The molecule has 2 N–H and O–H groups in total. The van der Waals surface area contributed by atoms with Crippen molar-refractivity contribution >= 4 is 53.7 Å². The first-order valence-electron chi connectivity index (χ1n) is 10.6. The molecule has 1 saturated heterocycles. The largest absolute Gasteiger partial charge is 0.387 e. The van der Waals surface area contributed by atoms with Gasteiger partial charge >= 0.3 is 0 Å². The standard InChI is InChI=1S/C25H25Br2N3O/c1-25(31,16-29-13-5-3-7-24(29)21-6-2-4-12-28-21)30-22-10-8-17(26)14-19(22)20-15-18(27)9-11-23(20)30/h3,5,7-11,13-15,28,31H,2,4,6,12,16H2,1H3/b24-21+. The van der Waals surface area contributed by atoms with Gasteiger partial charge in [0, 0.05) is 38.2 Å². The van der Waals surface area contributed by atoms with Crippen LogP contribution in [-0.4, -0.2) is 27.7 Å². The molecular formula is C25H25Br2N3O. The van der Waals surface area contributed by atoms with Crippen LogP contribution in [0, 0.1) is 0 Å². The number of nitrogens with one attached hydrogen (secondary N) is 1. The van der Waals surface area contributed by atoms with Gasteiger partial charge in [0.05, 0.1) is 23.3 Å². The second-order valence-electron chi connectivity index (χ2n) is 8.45. The number of fused-ring (bicyclic) bond motifs is 3. The van der Waals surface area contributed by atoms with Crippen LogP contribution in [-0.2, 0) is 5.72 Å². The van der Waals surface area contributed by atoms with Gasteiger partial charge in [0.1, 0.15) is 0 Å². The molecule has 31 heavy (non-hydrogen) atoms. The summed E-state index contributed by atoms with van der Waals surface area (Å²) in [5, 5.41) is 17.7. The third-order valence-electron chi connectivity index (χ3n) is 6.08. The van der Waals surface area contributed by atoms with E-state index in [1.165, 1.54) is 18.5 Å². The van der Waals surface area contributed by atoms with E-state index < -0.39 is 5.72 Å². The Morgan fingerprint density at radius 1 is 1.00 bits per heavy atom. The molecule has 0 saturated carbocycles. The van der Waals surface area contributed by atoms with Crippen LogP contribution in [0.2, 0.25) is 0 Å². The molecule has 1 atom stereocenters. The van der Waals surface area contributed by atoms with Crippen molar-refractivity contribution in [2.75, 3.05) is 13.1 Å². The highest BCUT2D eigenvalue weighted by atomic mass is 79.9. The van der Waals surface area contributed by atoms with Crippen molar-refractivity contribution in [1.29, 1.82) is 0 Å². The van der Waals surface area contributed by atoms with E-state index in [0.717, 1.165) is 49.4 Å². The Bertz CT molecular complexity index is 1190. The molecule has 3 aromatic rings. The quantitative estimate of drug-likeness (QED) is 0.405. The molecule has 2 aliphatic heterocycles. The molecule has 1 fully saturated rings. The van der Waals surface area contributed by atoms with E-state index in [1.807, 2.05) is 25.1 Å². The van der Waals surface area contributed by atoms with Crippen LogP contribution in [0.3, 0.4) is 0 Å². The first-order chi connectivity index (χ1) is 14.9. The molecule has 160 valence electrons. The van der Waals surface area contributed by atoms with Crippen molar-refractivity contribution in [3.8, 4) is 0 Å². The third kappa shape index (κ3) is 3.86. The second kappa shape index (κ2) is 8.15. The number of aliphatic hydroxyl groups is 1. The van der Waals surface area contributed by atoms with Gasteiger partial charge in [-0.3, -0.25) is 0 Å². The molecule has 6 heteroatoms. The van der Waals surface area contributed by atoms with E-state index in [-0.39, 0.29) is 0 Å². The summed E-state index contributed by atoms with van der Waals surface area (Å²) in [4.78, 5) is 2.17. The van der Waals surface area contributed by atoms with Crippen LogP contribution in [0.1, 0.15) is 26.2 Å². The molecular weight excluding hydrogens is 518 g/mol. The highest BCUT2D eigenvalue weighted by Gasteiger charge is 2.31. The summed E-state index contributed by atoms with van der Waals surface area (Å²) in [5.74, 6) is 0. The lowest BCUT2D eigenvalue weighted by molar-refractivity contribution is -0.0261. The lowest BCUT2D eigenvalue weighted by atomic mass is 10.1. The van der Waals surface area contributed by atoms with Gasteiger partial charge in [-0.1, -0.05) is 37.9 Å². The highest BCUT2D eigenvalue weighted by Crippen LogP contribution is 2.37. The summed E-state index contributed by atoms with van der Waals surface area (Å²) < 4.78 is 4.12. The fourth-order valence-electron chi connectivity index (χ4n) is 4.74. The fraction of sp³-hybridized carbons (Fsp3) is 0.280. The lowest BCUT2D eigenvalue weighted by Gasteiger charge is -2.36. The van der Waals surface area contributed by atoms with Crippen molar-refractivity contribution in [1.82, 2.24) is 14.8 Å². The van der Waals surface area contributed by atoms with Crippen molar-refractivity contribution in [3.63, 3.8) is 0 Å². The predicted molar refractivity (Wildman–Crippen MR) is 135 cm³/mol. The minimum atomic E-state index is -1.13. The predicted octanol–water partition coefficient (Wildman–Crippen LogP) is 6.36. The Balaban J connectivity index is 1.62. The Hall–Kier alpha value is -2.02.